The molecule has 1 amide bonds. The number of carbonyl (C=O) groups is 1. The summed E-state index contributed by atoms with van der Waals surface area (Å²) in [5, 5.41) is 7.50. The van der Waals surface area contributed by atoms with Crippen molar-refractivity contribution in [2.24, 2.45) is 5.14 Å². The first-order valence-corrected chi connectivity index (χ1v) is 8.04. The topological polar surface area (TPSA) is 89.3 Å². The highest BCUT2D eigenvalue weighted by Gasteiger charge is 2.23. The fraction of sp³-hybridized carbons (Fsp3) is 0.417. The monoisotopic (exact) mass is 320 g/mol. The van der Waals surface area contributed by atoms with Crippen LogP contribution in [0.5, 0.6) is 0 Å². The van der Waals surface area contributed by atoms with Crippen molar-refractivity contribution in [3.8, 4) is 0 Å². The lowest BCUT2D eigenvalue weighted by atomic mass is 10.1. The highest BCUT2D eigenvalue weighted by atomic mass is 35.5. The Morgan fingerprint density at radius 1 is 1.35 bits per heavy atom. The summed E-state index contributed by atoms with van der Waals surface area (Å²) in [7, 11) is -4.25. The minimum Gasteiger partial charge on any atom is -0.349 e. The van der Waals surface area contributed by atoms with Crippen molar-refractivity contribution in [3.63, 3.8) is 0 Å². The lowest BCUT2D eigenvalue weighted by molar-refractivity contribution is 0.0937. The van der Waals surface area contributed by atoms with Gasteiger partial charge in [-0.25, -0.2) is 17.9 Å². The third-order valence-electron chi connectivity index (χ3n) is 3.26. The molecule has 2 rings (SSSR count). The molecule has 0 atom stereocenters. The van der Waals surface area contributed by atoms with Gasteiger partial charge in [0.2, 0.25) is 10.0 Å². The lowest BCUT2D eigenvalue weighted by Crippen LogP contribution is -2.33. The van der Waals surface area contributed by atoms with Crippen molar-refractivity contribution in [3.05, 3.63) is 28.5 Å². The van der Waals surface area contributed by atoms with Crippen molar-refractivity contribution < 1.29 is 17.6 Å². The molecule has 8 heteroatoms. The number of benzene rings is 1. The maximum atomic E-state index is 13.5. The van der Waals surface area contributed by atoms with Crippen LogP contribution in [0.3, 0.4) is 0 Å². The zero-order chi connectivity index (χ0) is 14.9. The molecular formula is C12H14ClFN2O3S. The van der Waals surface area contributed by atoms with Gasteiger partial charge < -0.3 is 5.32 Å². The van der Waals surface area contributed by atoms with Gasteiger partial charge in [-0.2, -0.15) is 0 Å². The Balaban J connectivity index is 2.33. The molecule has 20 heavy (non-hydrogen) atoms. The molecular weight excluding hydrogens is 307 g/mol. The van der Waals surface area contributed by atoms with E-state index in [4.69, 9.17) is 16.7 Å². The molecule has 0 heterocycles. The first-order valence-electron chi connectivity index (χ1n) is 6.12. The van der Waals surface area contributed by atoms with Gasteiger partial charge in [-0.15, -0.1) is 0 Å². The largest absolute Gasteiger partial charge is 0.349 e. The number of nitrogens with two attached hydrogens (primary N) is 1. The molecule has 0 bridgehead atoms. The predicted molar refractivity (Wildman–Crippen MR) is 72.5 cm³/mol. The molecule has 1 aromatic carbocycles. The zero-order valence-electron chi connectivity index (χ0n) is 10.5. The van der Waals surface area contributed by atoms with Gasteiger partial charge in [-0.1, -0.05) is 24.4 Å². The minimum absolute atomic E-state index is 0.0431. The van der Waals surface area contributed by atoms with E-state index >= 15 is 0 Å². The van der Waals surface area contributed by atoms with Gasteiger partial charge in [-0.05, 0) is 25.0 Å². The summed E-state index contributed by atoms with van der Waals surface area (Å²) in [6.07, 6.45) is 3.80. The van der Waals surface area contributed by atoms with Crippen LogP contribution in [0.4, 0.5) is 4.39 Å². The summed E-state index contributed by atoms with van der Waals surface area (Å²) in [4.78, 5) is 11.3. The molecule has 1 aliphatic carbocycles. The van der Waals surface area contributed by atoms with Gasteiger partial charge in [-0.3, -0.25) is 4.79 Å². The Bertz CT molecular complexity index is 642. The van der Waals surface area contributed by atoms with E-state index in [1.807, 2.05) is 0 Å². The van der Waals surface area contributed by atoms with Crippen molar-refractivity contribution in [1.82, 2.24) is 5.32 Å². The predicted octanol–water partition coefficient (Wildman–Crippen LogP) is 1.80. The number of primary sulfonamides is 1. The first kappa shape index (κ1) is 15.2. The van der Waals surface area contributed by atoms with Gasteiger partial charge in [0.05, 0.1) is 10.6 Å². The highest BCUT2D eigenvalue weighted by molar-refractivity contribution is 7.89. The van der Waals surface area contributed by atoms with Gasteiger partial charge >= 0.3 is 0 Å². The third-order valence-corrected chi connectivity index (χ3v) is 4.50. The molecule has 0 spiro atoms. The molecule has 0 radical (unpaired) electrons. The van der Waals surface area contributed by atoms with Crippen LogP contribution in [0.25, 0.3) is 0 Å². The van der Waals surface area contributed by atoms with Crippen LogP contribution in [-0.2, 0) is 10.0 Å². The average molecular weight is 321 g/mol. The molecule has 0 saturated heterocycles. The number of nitrogens with one attached hydrogen (secondary N) is 1. The molecule has 3 N–H and O–H groups in total. The molecule has 1 fully saturated rings. The van der Waals surface area contributed by atoms with Crippen LogP contribution in [0, 0.1) is 5.82 Å². The molecule has 1 aromatic rings. The maximum Gasteiger partial charge on any atom is 0.253 e. The van der Waals surface area contributed by atoms with Crippen molar-refractivity contribution >= 4 is 27.5 Å². The summed E-state index contributed by atoms with van der Waals surface area (Å²) >= 11 is 5.80. The van der Waals surface area contributed by atoms with Crippen LogP contribution < -0.4 is 10.5 Å². The molecule has 0 unspecified atom stereocenters. The normalized spacial score (nSPS) is 16.4. The Morgan fingerprint density at radius 2 is 1.95 bits per heavy atom. The van der Waals surface area contributed by atoms with Gasteiger partial charge in [0, 0.05) is 6.04 Å². The second kappa shape index (κ2) is 5.67. The van der Waals surface area contributed by atoms with Gasteiger partial charge in [0.25, 0.3) is 5.91 Å². The van der Waals surface area contributed by atoms with E-state index in [1.54, 1.807) is 0 Å². The Morgan fingerprint density at radius 3 is 2.50 bits per heavy atom. The first-order chi connectivity index (χ1) is 9.29. The number of hydrogen-bond donors (Lipinski definition) is 2. The van der Waals surface area contributed by atoms with Crippen molar-refractivity contribution in [1.29, 1.82) is 0 Å². The van der Waals surface area contributed by atoms with Gasteiger partial charge in [0.15, 0.2) is 0 Å². The van der Waals surface area contributed by atoms with Crippen molar-refractivity contribution in [2.45, 2.75) is 36.6 Å². The molecule has 110 valence electrons. The van der Waals surface area contributed by atoms with Crippen LogP contribution in [0.1, 0.15) is 36.0 Å². The minimum atomic E-state index is -4.25. The third kappa shape index (κ3) is 3.28. The van der Waals surface area contributed by atoms with E-state index in [0.29, 0.717) is 0 Å². The second-order valence-electron chi connectivity index (χ2n) is 4.76. The van der Waals surface area contributed by atoms with Crippen LogP contribution in [0.15, 0.2) is 17.0 Å². The summed E-state index contributed by atoms with van der Waals surface area (Å²) in [5.41, 5.74) is -0.0935. The standard InChI is InChI=1S/C12H14ClFN2O3S/c13-9-6-10(14)11(20(15,18)19)5-8(9)12(17)16-7-3-1-2-4-7/h5-7H,1-4H2,(H,16,17)(H2,15,18,19). The summed E-state index contributed by atoms with van der Waals surface area (Å²) in [6.45, 7) is 0. The number of rotatable bonds is 3. The Labute approximate surface area is 121 Å². The maximum absolute atomic E-state index is 13.5. The van der Waals surface area contributed by atoms with Crippen LogP contribution >= 0.6 is 11.6 Å². The molecule has 5 nitrogen and oxygen atoms in total. The molecule has 1 aliphatic rings. The summed E-state index contributed by atoms with van der Waals surface area (Å²) in [6, 6.07) is 1.70. The zero-order valence-corrected chi connectivity index (χ0v) is 12.1. The summed E-state index contributed by atoms with van der Waals surface area (Å²) in [5.74, 6) is -1.60. The quantitative estimate of drug-likeness (QED) is 0.890. The number of amides is 1. The number of carbonyl (C=O) groups excluding carboxylic acids is 1. The Hall–Kier alpha value is -1.18. The fourth-order valence-electron chi connectivity index (χ4n) is 2.25. The fourth-order valence-corrected chi connectivity index (χ4v) is 3.10. The second-order valence-corrected chi connectivity index (χ2v) is 6.70. The summed E-state index contributed by atoms with van der Waals surface area (Å²) < 4.78 is 36.0. The van der Waals surface area contributed by atoms with E-state index in [1.165, 1.54) is 0 Å². The van der Waals surface area contributed by atoms with Crippen molar-refractivity contribution in [2.75, 3.05) is 0 Å². The van der Waals surface area contributed by atoms with Gasteiger partial charge in [0.1, 0.15) is 10.7 Å². The van der Waals surface area contributed by atoms with E-state index in [-0.39, 0.29) is 16.6 Å². The van der Waals surface area contributed by atoms with Crippen LogP contribution in [-0.4, -0.2) is 20.4 Å². The van der Waals surface area contributed by atoms with Crippen LogP contribution in [0.2, 0.25) is 5.02 Å². The average Bonchev–Trinajstić information content (AvgIpc) is 2.79. The number of sulfonamides is 1. The lowest BCUT2D eigenvalue weighted by Gasteiger charge is -2.13. The van der Waals surface area contributed by atoms with E-state index in [9.17, 15) is 17.6 Å². The molecule has 1 saturated carbocycles. The van der Waals surface area contributed by atoms with E-state index in [0.717, 1.165) is 37.8 Å². The van der Waals surface area contributed by atoms with E-state index < -0.39 is 26.6 Å². The smallest absolute Gasteiger partial charge is 0.253 e. The molecule has 0 aromatic heterocycles. The Kier molecular flexibility index (Phi) is 4.31. The number of halogens is 2. The number of hydrogen-bond acceptors (Lipinski definition) is 3. The molecule has 0 aliphatic heterocycles. The highest BCUT2D eigenvalue weighted by Crippen LogP contribution is 2.24. The van der Waals surface area contributed by atoms with E-state index in [2.05, 4.69) is 5.32 Å². The SMILES string of the molecule is NS(=O)(=O)c1cc(C(=O)NC2CCCC2)c(Cl)cc1F.